The lowest BCUT2D eigenvalue weighted by Gasteiger charge is -2.15. The summed E-state index contributed by atoms with van der Waals surface area (Å²) in [5.74, 6) is -0.394. The van der Waals surface area contributed by atoms with E-state index in [0.29, 0.717) is 10.8 Å². The molecule has 4 aromatic carbocycles. The summed E-state index contributed by atoms with van der Waals surface area (Å²) in [5.41, 5.74) is 5.44. The van der Waals surface area contributed by atoms with Crippen LogP contribution >= 0.6 is 35.3 Å². The predicted octanol–water partition coefficient (Wildman–Crippen LogP) is 7.50. The van der Waals surface area contributed by atoms with Gasteiger partial charge in [0.2, 0.25) is 11.8 Å². The van der Waals surface area contributed by atoms with Gasteiger partial charge in [-0.1, -0.05) is 24.3 Å². The minimum absolute atomic E-state index is 0.160. The van der Waals surface area contributed by atoms with Gasteiger partial charge in [0.05, 0.1) is 21.2 Å². The first-order valence-corrected chi connectivity index (χ1v) is 14.8. The number of aromatic nitrogens is 1. The van der Waals surface area contributed by atoms with Gasteiger partial charge in [0.1, 0.15) is 5.01 Å². The molecule has 1 aliphatic rings. The van der Waals surface area contributed by atoms with E-state index in [-0.39, 0.29) is 18.2 Å². The van der Waals surface area contributed by atoms with Crippen molar-refractivity contribution in [1.82, 2.24) is 4.98 Å². The summed E-state index contributed by atoms with van der Waals surface area (Å²) in [7, 11) is 0. The van der Waals surface area contributed by atoms with Crippen molar-refractivity contribution in [2.24, 2.45) is 0 Å². The summed E-state index contributed by atoms with van der Waals surface area (Å²) in [6, 6.07) is 31.1. The Bertz CT molecular complexity index is 1720. The predicted molar refractivity (Wildman–Crippen MR) is 169 cm³/mol. The first-order chi connectivity index (χ1) is 19.4. The Labute approximate surface area is 245 Å². The molecule has 1 aliphatic heterocycles. The normalized spacial score (nSPS) is 15.0. The summed E-state index contributed by atoms with van der Waals surface area (Å²) < 4.78 is 1.14. The molecule has 6 nitrogen and oxygen atoms in total. The zero-order chi connectivity index (χ0) is 27.6. The van der Waals surface area contributed by atoms with Crippen LogP contribution in [0.5, 0.6) is 0 Å². The summed E-state index contributed by atoms with van der Waals surface area (Å²) in [5, 5.41) is 7.23. The van der Waals surface area contributed by atoms with Gasteiger partial charge < -0.3 is 10.6 Å². The third-order valence-corrected chi connectivity index (χ3v) is 8.91. The van der Waals surface area contributed by atoms with Crippen LogP contribution in [-0.4, -0.2) is 27.2 Å². The zero-order valence-electron chi connectivity index (χ0n) is 21.5. The van der Waals surface area contributed by atoms with Gasteiger partial charge >= 0.3 is 0 Å². The van der Waals surface area contributed by atoms with E-state index in [0.717, 1.165) is 37.1 Å². The molecule has 2 amide bonds. The number of carbonyl (C=O) groups is 2. The quantitative estimate of drug-likeness (QED) is 0.159. The van der Waals surface area contributed by atoms with Crippen molar-refractivity contribution < 1.29 is 9.59 Å². The van der Waals surface area contributed by atoms with Crippen LogP contribution in [0, 0.1) is 6.92 Å². The number of fused-ring (bicyclic) bond motifs is 1. The fourth-order valence-corrected chi connectivity index (χ4v) is 6.83. The number of imide groups is 1. The Morgan fingerprint density at radius 1 is 0.925 bits per heavy atom. The van der Waals surface area contributed by atoms with Crippen molar-refractivity contribution in [3.63, 3.8) is 0 Å². The summed E-state index contributed by atoms with van der Waals surface area (Å²) in [6.45, 7) is 2.07. The molecule has 9 heteroatoms. The minimum atomic E-state index is -0.473. The number of para-hydroxylation sites is 1. The second kappa shape index (κ2) is 11.2. The van der Waals surface area contributed by atoms with Gasteiger partial charge in [0, 0.05) is 28.3 Å². The van der Waals surface area contributed by atoms with Crippen molar-refractivity contribution in [3.8, 4) is 10.6 Å². The first-order valence-electron chi connectivity index (χ1n) is 12.7. The molecule has 1 saturated heterocycles. The summed E-state index contributed by atoms with van der Waals surface area (Å²) in [6.07, 6.45) is 0.160. The third-order valence-electron chi connectivity index (χ3n) is 6.44. The zero-order valence-corrected chi connectivity index (χ0v) is 23.9. The van der Waals surface area contributed by atoms with Crippen LogP contribution in [-0.2, 0) is 9.59 Å². The van der Waals surface area contributed by atoms with Crippen molar-refractivity contribution in [1.29, 1.82) is 0 Å². The maximum atomic E-state index is 13.2. The number of amides is 2. The van der Waals surface area contributed by atoms with Crippen LogP contribution in [0.3, 0.4) is 0 Å². The number of nitrogens with one attached hydrogen (secondary N) is 2. The number of thiocarbonyl (C=S) groups is 1. The average molecular weight is 581 g/mol. The van der Waals surface area contributed by atoms with E-state index in [9.17, 15) is 9.59 Å². The molecule has 0 aliphatic carbocycles. The van der Waals surface area contributed by atoms with E-state index in [4.69, 9.17) is 17.2 Å². The summed E-state index contributed by atoms with van der Waals surface area (Å²) in [4.78, 5) is 33.0. The molecule has 0 radical (unpaired) electrons. The number of aryl methyl sites for hydroxylation is 1. The molecule has 2 N–H and O–H groups in total. The van der Waals surface area contributed by atoms with E-state index in [2.05, 4.69) is 29.7 Å². The second-order valence-corrected chi connectivity index (χ2v) is 12.1. The van der Waals surface area contributed by atoms with Gasteiger partial charge in [0.15, 0.2) is 5.11 Å². The lowest BCUT2D eigenvalue weighted by atomic mass is 10.2. The van der Waals surface area contributed by atoms with Crippen molar-refractivity contribution >= 4 is 79.5 Å². The largest absolute Gasteiger partial charge is 0.332 e. The molecular weight excluding hydrogens is 557 g/mol. The molecule has 2 heterocycles. The molecule has 0 saturated carbocycles. The molecule has 1 fully saturated rings. The molecule has 5 aromatic rings. The van der Waals surface area contributed by atoms with Crippen LogP contribution in [0.1, 0.15) is 12.0 Å². The highest BCUT2D eigenvalue weighted by Crippen LogP contribution is 2.36. The number of carbonyl (C=O) groups excluding carboxylic acids is 2. The van der Waals surface area contributed by atoms with Gasteiger partial charge in [-0.05, 0) is 97.5 Å². The van der Waals surface area contributed by atoms with Crippen LogP contribution < -0.4 is 15.5 Å². The average Bonchev–Trinajstić information content (AvgIpc) is 3.49. The Morgan fingerprint density at radius 3 is 2.35 bits per heavy atom. The molecule has 40 heavy (non-hydrogen) atoms. The topological polar surface area (TPSA) is 74.3 Å². The molecule has 0 spiro atoms. The SMILES string of the molecule is Cc1ccc2nc(-c3ccc(N4C(=O)C[C@H](Sc5ccc(NC(=S)Nc6ccccc6)cc5)C4=O)cc3)sc2c1. The van der Waals surface area contributed by atoms with Crippen molar-refractivity contribution in [2.45, 2.75) is 23.5 Å². The first kappa shape index (κ1) is 26.2. The highest BCUT2D eigenvalue weighted by Gasteiger charge is 2.40. The van der Waals surface area contributed by atoms with E-state index < -0.39 is 5.25 Å². The maximum absolute atomic E-state index is 13.2. The second-order valence-electron chi connectivity index (χ2n) is 9.38. The van der Waals surface area contributed by atoms with E-state index in [1.807, 2.05) is 84.9 Å². The Kier molecular flexibility index (Phi) is 7.34. The molecule has 0 unspecified atom stereocenters. The fourth-order valence-electron chi connectivity index (χ4n) is 4.47. The van der Waals surface area contributed by atoms with E-state index >= 15 is 0 Å². The number of rotatable bonds is 6. The van der Waals surface area contributed by atoms with Crippen molar-refractivity contribution in [2.75, 3.05) is 15.5 Å². The molecule has 1 aromatic heterocycles. The van der Waals surface area contributed by atoms with Gasteiger partial charge in [0.25, 0.3) is 0 Å². The number of anilines is 3. The Hall–Kier alpha value is -4.05. The van der Waals surface area contributed by atoms with Gasteiger partial charge in [-0.3, -0.25) is 9.59 Å². The number of nitrogens with zero attached hydrogens (tertiary/aromatic N) is 2. The van der Waals surface area contributed by atoms with Crippen LogP contribution in [0.4, 0.5) is 17.1 Å². The standard InChI is InChI=1S/C31H24N4O2S3/c1-19-7-16-25-26(17-19)40-29(34-25)20-8-12-23(13-9-20)35-28(36)18-27(30(35)37)39-24-14-10-22(11-15-24)33-31(38)32-21-5-3-2-4-6-21/h2-17,27H,18H2,1H3,(H2,32,33,38)/t27-/m0/s1. The number of thiazole rings is 1. The van der Waals surface area contributed by atoms with Crippen molar-refractivity contribution in [3.05, 3.63) is 103 Å². The minimum Gasteiger partial charge on any atom is -0.332 e. The van der Waals surface area contributed by atoms with Gasteiger partial charge in [-0.15, -0.1) is 23.1 Å². The Morgan fingerprint density at radius 2 is 1.62 bits per heavy atom. The van der Waals surface area contributed by atoms with Gasteiger partial charge in [-0.25, -0.2) is 9.88 Å². The molecule has 6 rings (SSSR count). The maximum Gasteiger partial charge on any atom is 0.247 e. The number of thioether (sulfide) groups is 1. The van der Waals surface area contributed by atoms with Crippen LogP contribution in [0.15, 0.2) is 102 Å². The smallest absolute Gasteiger partial charge is 0.247 e. The van der Waals surface area contributed by atoms with E-state index in [1.54, 1.807) is 11.3 Å². The number of hydrogen-bond acceptors (Lipinski definition) is 6. The highest BCUT2D eigenvalue weighted by atomic mass is 32.2. The monoisotopic (exact) mass is 580 g/mol. The lowest BCUT2D eigenvalue weighted by molar-refractivity contribution is -0.121. The van der Waals surface area contributed by atoms with Crippen LogP contribution in [0.2, 0.25) is 0 Å². The molecule has 1 atom stereocenters. The van der Waals surface area contributed by atoms with E-state index in [1.165, 1.54) is 22.2 Å². The molecule has 0 bridgehead atoms. The highest BCUT2D eigenvalue weighted by molar-refractivity contribution is 8.00. The number of hydrogen-bond donors (Lipinski definition) is 2. The fraction of sp³-hybridized carbons (Fsp3) is 0.0968. The Balaban J connectivity index is 1.09. The molecule has 198 valence electrons. The van der Waals surface area contributed by atoms with Gasteiger partial charge in [-0.2, -0.15) is 0 Å². The molecular formula is C31H24N4O2S3. The third kappa shape index (κ3) is 5.62. The van der Waals surface area contributed by atoms with Crippen LogP contribution in [0.25, 0.3) is 20.8 Å². The summed E-state index contributed by atoms with van der Waals surface area (Å²) >= 11 is 8.42. The lowest BCUT2D eigenvalue weighted by Crippen LogP contribution is -2.31. The number of benzene rings is 4.